The Morgan fingerprint density at radius 3 is 2.60 bits per heavy atom. The number of nitrogens with zero attached hydrogens (tertiary/aromatic N) is 3. The number of nitrogens with one attached hydrogen (secondary N) is 1. The van der Waals surface area contributed by atoms with Gasteiger partial charge in [0.05, 0.1) is 12.0 Å². The molecule has 0 amide bonds. The largest absolute Gasteiger partial charge is 0.497 e. The first-order valence-electron chi connectivity index (χ1n) is 7.70. The number of anilines is 1. The summed E-state index contributed by atoms with van der Waals surface area (Å²) in [6.07, 6.45) is 3.61. The van der Waals surface area contributed by atoms with Gasteiger partial charge in [-0.2, -0.15) is 0 Å². The molecular weight excluding hydrogens is 320 g/mol. The molecule has 1 aromatic heterocycles. The van der Waals surface area contributed by atoms with Crippen molar-refractivity contribution < 1.29 is 9.66 Å². The summed E-state index contributed by atoms with van der Waals surface area (Å²) in [5.41, 5.74) is 1.80. The van der Waals surface area contributed by atoms with E-state index < -0.39 is 4.92 Å². The maximum atomic E-state index is 10.8. The molecule has 0 saturated heterocycles. The minimum atomic E-state index is -0.415. The minimum absolute atomic E-state index is 0.0560. The van der Waals surface area contributed by atoms with Crippen molar-refractivity contribution in [2.24, 2.45) is 7.05 Å². The van der Waals surface area contributed by atoms with Crippen LogP contribution in [0.1, 0.15) is 17.4 Å². The van der Waals surface area contributed by atoms with Crippen LogP contribution >= 0.6 is 0 Å². The summed E-state index contributed by atoms with van der Waals surface area (Å²) in [6, 6.07) is 13.8. The van der Waals surface area contributed by atoms with E-state index in [4.69, 9.17) is 4.74 Å². The zero-order chi connectivity index (χ0) is 17.8. The number of rotatable bonds is 6. The number of aryl methyl sites for hydroxylation is 1. The molecule has 0 bridgehead atoms. The van der Waals surface area contributed by atoms with Crippen molar-refractivity contribution in [3.63, 3.8) is 0 Å². The minimum Gasteiger partial charge on any atom is -0.497 e. The molecule has 25 heavy (non-hydrogen) atoms. The standard InChI is InChI=1S/C18H18N4O3/c1-21-11-10-19-18(21)17(13-4-3-5-16(12-13)25-2)20-14-6-8-15(9-7-14)22(23)24/h3-12,17,20H,1-2H3. The van der Waals surface area contributed by atoms with Gasteiger partial charge < -0.3 is 14.6 Å². The first-order valence-corrected chi connectivity index (χ1v) is 7.70. The molecule has 1 heterocycles. The third kappa shape index (κ3) is 3.60. The van der Waals surface area contributed by atoms with Gasteiger partial charge in [0.2, 0.25) is 0 Å². The summed E-state index contributed by atoms with van der Waals surface area (Å²) in [5, 5.41) is 14.2. The number of non-ortho nitro benzene ring substituents is 1. The van der Waals surface area contributed by atoms with Gasteiger partial charge in [-0.05, 0) is 29.8 Å². The van der Waals surface area contributed by atoms with Crippen LogP contribution in [-0.2, 0) is 7.05 Å². The Bertz CT molecular complexity index is 874. The molecule has 0 spiro atoms. The van der Waals surface area contributed by atoms with Crippen LogP contribution in [-0.4, -0.2) is 21.6 Å². The molecule has 0 radical (unpaired) electrons. The van der Waals surface area contributed by atoms with E-state index in [-0.39, 0.29) is 11.7 Å². The summed E-state index contributed by atoms with van der Waals surface area (Å²) in [5.74, 6) is 1.58. The van der Waals surface area contributed by atoms with E-state index >= 15 is 0 Å². The lowest BCUT2D eigenvalue weighted by atomic mass is 10.0. The number of hydrogen-bond donors (Lipinski definition) is 1. The molecule has 0 aliphatic heterocycles. The highest BCUT2D eigenvalue weighted by atomic mass is 16.6. The number of benzene rings is 2. The molecule has 0 saturated carbocycles. The van der Waals surface area contributed by atoms with Gasteiger partial charge in [-0.3, -0.25) is 10.1 Å². The number of methoxy groups -OCH3 is 1. The number of imidazole rings is 1. The highest BCUT2D eigenvalue weighted by Crippen LogP contribution is 2.28. The fraction of sp³-hybridized carbons (Fsp3) is 0.167. The van der Waals surface area contributed by atoms with Gasteiger partial charge in [0.1, 0.15) is 17.6 Å². The third-order valence-corrected chi connectivity index (χ3v) is 3.93. The molecule has 7 heteroatoms. The Kier molecular flexibility index (Phi) is 4.65. The maximum absolute atomic E-state index is 10.8. The van der Waals surface area contributed by atoms with E-state index in [0.717, 1.165) is 22.8 Å². The monoisotopic (exact) mass is 338 g/mol. The SMILES string of the molecule is COc1cccc(C(Nc2ccc([N+](=O)[O-])cc2)c2nccn2C)c1. The van der Waals surface area contributed by atoms with Crippen LogP contribution in [0.15, 0.2) is 60.9 Å². The second-order valence-electron chi connectivity index (χ2n) is 5.55. The quantitative estimate of drug-likeness (QED) is 0.549. The van der Waals surface area contributed by atoms with Crippen molar-refractivity contribution in [1.29, 1.82) is 0 Å². The van der Waals surface area contributed by atoms with E-state index in [2.05, 4.69) is 10.3 Å². The first-order chi connectivity index (χ1) is 12.1. The van der Waals surface area contributed by atoms with Crippen molar-refractivity contribution in [3.8, 4) is 5.75 Å². The number of nitro groups is 1. The summed E-state index contributed by atoms with van der Waals surface area (Å²) >= 11 is 0. The normalized spacial score (nSPS) is 11.8. The van der Waals surface area contributed by atoms with E-state index in [1.54, 1.807) is 25.4 Å². The predicted octanol–water partition coefficient (Wildman–Crippen LogP) is 3.54. The Balaban J connectivity index is 1.96. The van der Waals surface area contributed by atoms with Crippen LogP contribution in [0, 0.1) is 10.1 Å². The first kappa shape index (κ1) is 16.5. The van der Waals surface area contributed by atoms with Gasteiger partial charge in [-0.25, -0.2) is 4.98 Å². The zero-order valence-electron chi connectivity index (χ0n) is 13.9. The second-order valence-corrected chi connectivity index (χ2v) is 5.55. The number of nitro benzene ring substituents is 1. The average Bonchev–Trinajstić information content (AvgIpc) is 3.06. The lowest BCUT2D eigenvalue weighted by Crippen LogP contribution is -2.16. The van der Waals surface area contributed by atoms with Gasteiger partial charge in [0, 0.05) is 37.3 Å². The van der Waals surface area contributed by atoms with Crippen molar-refractivity contribution in [2.45, 2.75) is 6.04 Å². The van der Waals surface area contributed by atoms with Crippen molar-refractivity contribution in [3.05, 3.63) is 82.4 Å². The van der Waals surface area contributed by atoms with Crippen LogP contribution in [0.5, 0.6) is 5.75 Å². The van der Waals surface area contributed by atoms with E-state index in [1.807, 2.05) is 42.1 Å². The molecule has 0 fully saturated rings. The number of hydrogen-bond acceptors (Lipinski definition) is 5. The lowest BCUT2D eigenvalue weighted by molar-refractivity contribution is -0.384. The lowest BCUT2D eigenvalue weighted by Gasteiger charge is -2.20. The summed E-state index contributed by atoms with van der Waals surface area (Å²) < 4.78 is 7.25. The van der Waals surface area contributed by atoms with Gasteiger partial charge in [-0.1, -0.05) is 12.1 Å². The van der Waals surface area contributed by atoms with Gasteiger partial charge in [0.15, 0.2) is 0 Å². The molecule has 0 aliphatic rings. The fourth-order valence-electron chi connectivity index (χ4n) is 2.62. The predicted molar refractivity (Wildman–Crippen MR) is 94.8 cm³/mol. The average molecular weight is 338 g/mol. The fourth-order valence-corrected chi connectivity index (χ4v) is 2.62. The number of aromatic nitrogens is 2. The van der Waals surface area contributed by atoms with Gasteiger partial charge >= 0.3 is 0 Å². The molecule has 1 atom stereocenters. The van der Waals surface area contributed by atoms with E-state index in [1.165, 1.54) is 12.1 Å². The molecule has 3 rings (SSSR count). The Morgan fingerprint density at radius 2 is 2.00 bits per heavy atom. The molecule has 3 aromatic rings. The maximum Gasteiger partial charge on any atom is 0.269 e. The van der Waals surface area contributed by atoms with Crippen LogP contribution in [0.3, 0.4) is 0 Å². The van der Waals surface area contributed by atoms with Crippen molar-refractivity contribution in [2.75, 3.05) is 12.4 Å². The van der Waals surface area contributed by atoms with Gasteiger partial charge in [-0.15, -0.1) is 0 Å². The Hall–Kier alpha value is -3.35. The smallest absolute Gasteiger partial charge is 0.269 e. The molecule has 7 nitrogen and oxygen atoms in total. The summed E-state index contributed by atoms with van der Waals surface area (Å²) in [4.78, 5) is 14.8. The number of ether oxygens (including phenoxy) is 1. The van der Waals surface area contributed by atoms with Crippen LogP contribution in [0.25, 0.3) is 0 Å². The zero-order valence-corrected chi connectivity index (χ0v) is 13.9. The molecule has 0 aliphatic carbocycles. The van der Waals surface area contributed by atoms with Gasteiger partial charge in [0.25, 0.3) is 5.69 Å². The third-order valence-electron chi connectivity index (χ3n) is 3.93. The Labute approximate surface area is 145 Å². The summed E-state index contributed by atoms with van der Waals surface area (Å²) in [7, 11) is 3.55. The highest BCUT2D eigenvalue weighted by molar-refractivity contribution is 5.52. The van der Waals surface area contributed by atoms with E-state index in [9.17, 15) is 10.1 Å². The van der Waals surface area contributed by atoms with Crippen LogP contribution in [0.4, 0.5) is 11.4 Å². The topological polar surface area (TPSA) is 82.2 Å². The molecule has 1 N–H and O–H groups in total. The van der Waals surface area contributed by atoms with Crippen molar-refractivity contribution in [1.82, 2.24) is 9.55 Å². The van der Waals surface area contributed by atoms with E-state index in [0.29, 0.717) is 0 Å². The van der Waals surface area contributed by atoms with Crippen LogP contribution in [0.2, 0.25) is 0 Å². The summed E-state index contributed by atoms with van der Waals surface area (Å²) in [6.45, 7) is 0. The molecular formula is C18H18N4O3. The van der Waals surface area contributed by atoms with Crippen molar-refractivity contribution >= 4 is 11.4 Å². The molecule has 128 valence electrons. The van der Waals surface area contributed by atoms with Crippen LogP contribution < -0.4 is 10.1 Å². The second kappa shape index (κ2) is 7.04. The molecule has 1 unspecified atom stereocenters. The molecule has 2 aromatic carbocycles. The Morgan fingerprint density at radius 1 is 1.24 bits per heavy atom. The highest BCUT2D eigenvalue weighted by Gasteiger charge is 2.19.